The number of nitrogens with zero attached hydrogens (tertiary/aromatic N) is 2. The van der Waals surface area contributed by atoms with Gasteiger partial charge < -0.3 is 9.84 Å². The van der Waals surface area contributed by atoms with Crippen LogP contribution in [0.15, 0.2) is 24.3 Å². The Balaban J connectivity index is 2.25. The molecule has 20 heavy (non-hydrogen) atoms. The third-order valence-electron chi connectivity index (χ3n) is 3.17. The van der Waals surface area contributed by atoms with E-state index in [1.165, 1.54) is 0 Å². The molecule has 0 fully saturated rings. The van der Waals surface area contributed by atoms with Gasteiger partial charge in [0.1, 0.15) is 12.4 Å². The van der Waals surface area contributed by atoms with Crippen LogP contribution in [0, 0.1) is 25.7 Å². The Morgan fingerprint density at radius 2 is 1.95 bits per heavy atom. The molecule has 0 spiro atoms. The number of aromatic nitrogens is 2. The Morgan fingerprint density at radius 1 is 1.25 bits per heavy atom. The van der Waals surface area contributed by atoms with E-state index in [4.69, 9.17) is 9.84 Å². The van der Waals surface area contributed by atoms with Crippen LogP contribution in [-0.4, -0.2) is 28.6 Å². The highest BCUT2D eigenvalue weighted by Gasteiger charge is 2.09. The number of methoxy groups -OCH3 is 1. The van der Waals surface area contributed by atoms with Crippen LogP contribution in [0.1, 0.15) is 22.5 Å². The lowest BCUT2D eigenvalue weighted by Gasteiger charge is -2.06. The van der Waals surface area contributed by atoms with Crippen molar-refractivity contribution >= 4 is 0 Å². The van der Waals surface area contributed by atoms with E-state index in [0.29, 0.717) is 6.54 Å². The molecule has 1 aromatic heterocycles. The van der Waals surface area contributed by atoms with Crippen molar-refractivity contribution in [2.75, 3.05) is 13.7 Å². The molecule has 4 nitrogen and oxygen atoms in total. The van der Waals surface area contributed by atoms with E-state index in [1.807, 2.05) is 42.8 Å². The molecule has 2 rings (SSSR count). The van der Waals surface area contributed by atoms with E-state index in [2.05, 4.69) is 16.9 Å². The molecule has 104 valence electrons. The van der Waals surface area contributed by atoms with Crippen molar-refractivity contribution in [1.29, 1.82) is 0 Å². The fourth-order valence-corrected chi connectivity index (χ4v) is 2.06. The number of aryl methyl sites for hydroxylation is 1. The summed E-state index contributed by atoms with van der Waals surface area (Å²) in [5.74, 6) is 6.47. The second kappa shape index (κ2) is 6.27. The van der Waals surface area contributed by atoms with Gasteiger partial charge in [-0.3, -0.25) is 4.68 Å². The molecule has 0 aliphatic rings. The van der Waals surface area contributed by atoms with Crippen LogP contribution >= 0.6 is 0 Å². The smallest absolute Gasteiger partial charge is 0.118 e. The van der Waals surface area contributed by atoms with Crippen molar-refractivity contribution in [1.82, 2.24) is 9.78 Å². The van der Waals surface area contributed by atoms with E-state index < -0.39 is 0 Å². The Bertz CT molecular complexity index is 646. The molecule has 0 aliphatic carbocycles. The summed E-state index contributed by atoms with van der Waals surface area (Å²) in [5, 5.41) is 13.3. The normalized spacial score (nSPS) is 10.0. The van der Waals surface area contributed by atoms with E-state index >= 15 is 0 Å². The quantitative estimate of drug-likeness (QED) is 0.867. The van der Waals surface area contributed by atoms with Crippen molar-refractivity contribution in [2.24, 2.45) is 0 Å². The molecule has 0 atom stereocenters. The molecular formula is C16H18N2O2. The highest BCUT2D eigenvalue weighted by atomic mass is 16.5. The maximum atomic E-state index is 8.79. The molecule has 0 saturated heterocycles. The first kappa shape index (κ1) is 14.2. The number of rotatable bonds is 3. The van der Waals surface area contributed by atoms with E-state index in [-0.39, 0.29) is 6.61 Å². The first-order valence-corrected chi connectivity index (χ1v) is 6.42. The highest BCUT2D eigenvalue weighted by molar-refractivity contribution is 5.41. The summed E-state index contributed by atoms with van der Waals surface area (Å²) in [6.45, 7) is 4.48. The maximum absolute atomic E-state index is 8.79. The minimum absolute atomic E-state index is 0.136. The molecular weight excluding hydrogens is 252 g/mol. The van der Waals surface area contributed by atoms with Crippen LogP contribution in [0.3, 0.4) is 0 Å². The monoisotopic (exact) mass is 270 g/mol. The van der Waals surface area contributed by atoms with Gasteiger partial charge in [-0.15, -0.1) is 0 Å². The van der Waals surface area contributed by atoms with E-state index in [1.54, 1.807) is 7.11 Å². The van der Waals surface area contributed by atoms with Crippen molar-refractivity contribution in [2.45, 2.75) is 20.4 Å². The Labute approximate surface area is 119 Å². The van der Waals surface area contributed by atoms with Gasteiger partial charge in [-0.1, -0.05) is 24.0 Å². The van der Waals surface area contributed by atoms with E-state index in [0.717, 1.165) is 28.3 Å². The summed E-state index contributed by atoms with van der Waals surface area (Å²) in [6.07, 6.45) is 0. The first-order valence-electron chi connectivity index (χ1n) is 6.42. The van der Waals surface area contributed by atoms with Crippen LogP contribution in [0.4, 0.5) is 0 Å². The minimum atomic E-state index is -0.136. The number of aliphatic hydroxyl groups excluding tert-OH is 1. The Kier molecular flexibility index (Phi) is 4.44. The summed E-state index contributed by atoms with van der Waals surface area (Å²) in [4.78, 5) is 0. The zero-order chi connectivity index (χ0) is 14.5. The van der Waals surface area contributed by atoms with Gasteiger partial charge in [0.15, 0.2) is 0 Å². The van der Waals surface area contributed by atoms with Crippen LogP contribution in [0.25, 0.3) is 0 Å². The van der Waals surface area contributed by atoms with Gasteiger partial charge in [0.05, 0.1) is 30.6 Å². The standard InChI is InChI=1S/C16H18N2O2/c1-12-16(5-4-10-19)13(2)18(17-12)11-14-6-8-15(20-3)9-7-14/h6-9,19H,10-11H2,1-3H3. The second-order valence-electron chi connectivity index (χ2n) is 4.51. The molecule has 1 aromatic carbocycles. The third-order valence-corrected chi connectivity index (χ3v) is 3.17. The fourth-order valence-electron chi connectivity index (χ4n) is 2.06. The van der Waals surface area contributed by atoms with Gasteiger partial charge in [-0.05, 0) is 31.5 Å². The minimum Gasteiger partial charge on any atom is -0.497 e. The summed E-state index contributed by atoms with van der Waals surface area (Å²) < 4.78 is 7.08. The van der Waals surface area contributed by atoms with Crippen molar-refractivity contribution in [3.05, 3.63) is 46.8 Å². The topological polar surface area (TPSA) is 47.3 Å². The number of ether oxygens (including phenoxy) is 1. The number of benzene rings is 1. The number of hydrogen-bond donors (Lipinski definition) is 1. The molecule has 1 N–H and O–H groups in total. The van der Waals surface area contributed by atoms with Crippen LogP contribution in [0.5, 0.6) is 5.75 Å². The molecule has 4 heteroatoms. The van der Waals surface area contributed by atoms with Gasteiger partial charge in [0.2, 0.25) is 0 Å². The van der Waals surface area contributed by atoms with Crippen LogP contribution in [0.2, 0.25) is 0 Å². The lowest BCUT2D eigenvalue weighted by atomic mass is 10.2. The van der Waals surface area contributed by atoms with Gasteiger partial charge in [-0.2, -0.15) is 5.10 Å². The predicted molar refractivity (Wildman–Crippen MR) is 77.8 cm³/mol. The molecule has 0 radical (unpaired) electrons. The summed E-state index contributed by atoms with van der Waals surface area (Å²) in [6, 6.07) is 7.92. The molecule has 0 amide bonds. The van der Waals surface area contributed by atoms with E-state index in [9.17, 15) is 0 Å². The van der Waals surface area contributed by atoms with Crippen molar-refractivity contribution < 1.29 is 9.84 Å². The van der Waals surface area contributed by atoms with Gasteiger partial charge in [0.25, 0.3) is 0 Å². The lowest BCUT2D eigenvalue weighted by Crippen LogP contribution is -2.04. The van der Waals surface area contributed by atoms with Gasteiger partial charge >= 0.3 is 0 Å². The fraction of sp³-hybridized carbons (Fsp3) is 0.312. The van der Waals surface area contributed by atoms with Crippen LogP contribution in [-0.2, 0) is 6.54 Å². The second-order valence-corrected chi connectivity index (χ2v) is 4.51. The molecule has 0 unspecified atom stereocenters. The molecule has 0 bridgehead atoms. The zero-order valence-electron chi connectivity index (χ0n) is 12.0. The number of hydrogen-bond acceptors (Lipinski definition) is 3. The number of aliphatic hydroxyl groups is 1. The molecule has 0 aliphatic heterocycles. The average Bonchev–Trinajstić information content (AvgIpc) is 2.72. The predicted octanol–water partition coefficient (Wildman–Crippen LogP) is 1.90. The first-order chi connectivity index (χ1) is 9.65. The molecule has 0 saturated carbocycles. The third kappa shape index (κ3) is 3.01. The zero-order valence-corrected chi connectivity index (χ0v) is 12.0. The van der Waals surface area contributed by atoms with Gasteiger partial charge in [0, 0.05) is 0 Å². The molecule has 1 heterocycles. The maximum Gasteiger partial charge on any atom is 0.118 e. The average molecular weight is 270 g/mol. The molecule has 2 aromatic rings. The largest absolute Gasteiger partial charge is 0.497 e. The van der Waals surface area contributed by atoms with Gasteiger partial charge in [-0.25, -0.2) is 0 Å². The summed E-state index contributed by atoms with van der Waals surface area (Å²) in [7, 11) is 1.65. The summed E-state index contributed by atoms with van der Waals surface area (Å²) >= 11 is 0. The highest BCUT2D eigenvalue weighted by Crippen LogP contribution is 2.16. The summed E-state index contributed by atoms with van der Waals surface area (Å²) in [5.41, 5.74) is 3.95. The Hall–Kier alpha value is -2.25. The SMILES string of the molecule is COc1ccc(Cn2nc(C)c(C#CCO)c2C)cc1. The van der Waals surface area contributed by atoms with Crippen molar-refractivity contribution in [3.8, 4) is 17.6 Å². The van der Waals surface area contributed by atoms with Crippen LogP contribution < -0.4 is 4.74 Å². The Morgan fingerprint density at radius 3 is 2.55 bits per heavy atom. The van der Waals surface area contributed by atoms with Crippen molar-refractivity contribution in [3.63, 3.8) is 0 Å². The lowest BCUT2D eigenvalue weighted by molar-refractivity contribution is 0.350.